The zero-order valence-corrected chi connectivity index (χ0v) is 33.9. The summed E-state index contributed by atoms with van der Waals surface area (Å²) in [5, 5.41) is 0. The van der Waals surface area contributed by atoms with E-state index in [1.54, 1.807) is 16.7 Å². The van der Waals surface area contributed by atoms with Gasteiger partial charge >= 0.3 is 0 Å². The van der Waals surface area contributed by atoms with E-state index in [1.165, 1.54) is 131 Å². The Bertz CT molecular complexity index is 2740. The molecule has 0 atom stereocenters. The van der Waals surface area contributed by atoms with Crippen LogP contribution in [-0.4, -0.2) is 0 Å². The molecule has 7 aliphatic rings. The molecule has 0 N–H and O–H groups in total. The Morgan fingerprint density at radius 3 is 1.66 bits per heavy atom. The van der Waals surface area contributed by atoms with Gasteiger partial charge in [0.2, 0.25) is 0 Å². The third-order valence-corrected chi connectivity index (χ3v) is 16.4. The van der Waals surface area contributed by atoms with E-state index in [-0.39, 0.29) is 10.8 Å². The SMILES string of the molecule is c1ccc(-c2ccc(N(c3ccc4c(c3)C3(CCCCC3)c3ccccc3-4)c3cccc4c3-c3ccccc3C43C4CC5CC(C4)CC3C5)cc2-c2ccccc2)cc1. The number of rotatable bonds is 5. The fourth-order valence-electron chi connectivity index (χ4n) is 14.5. The second-order valence-electron chi connectivity index (χ2n) is 19.1. The average molecular weight is 762 g/mol. The predicted octanol–water partition coefficient (Wildman–Crippen LogP) is 15.4. The van der Waals surface area contributed by atoms with Gasteiger partial charge in [0.25, 0.3) is 0 Å². The van der Waals surface area contributed by atoms with E-state index in [4.69, 9.17) is 0 Å². The van der Waals surface area contributed by atoms with E-state index >= 15 is 0 Å². The molecular formula is C58H51N. The van der Waals surface area contributed by atoms with Gasteiger partial charge in [-0.3, -0.25) is 0 Å². The molecule has 0 radical (unpaired) electrons. The Morgan fingerprint density at radius 2 is 0.949 bits per heavy atom. The van der Waals surface area contributed by atoms with E-state index in [9.17, 15) is 0 Å². The first-order chi connectivity index (χ1) is 29.2. The van der Waals surface area contributed by atoms with Crippen LogP contribution in [0.15, 0.2) is 164 Å². The second-order valence-corrected chi connectivity index (χ2v) is 19.1. The Balaban J connectivity index is 1.07. The molecule has 2 spiro atoms. The molecule has 1 nitrogen and oxygen atoms in total. The molecule has 1 heteroatoms. The number of hydrogen-bond acceptors (Lipinski definition) is 1. The fourth-order valence-corrected chi connectivity index (χ4v) is 14.5. The van der Waals surface area contributed by atoms with Gasteiger partial charge in [0.05, 0.1) is 5.69 Å². The Morgan fingerprint density at radius 1 is 0.390 bits per heavy atom. The molecular weight excluding hydrogens is 711 g/mol. The highest BCUT2D eigenvalue weighted by Gasteiger charge is 2.62. The highest BCUT2D eigenvalue weighted by molar-refractivity contribution is 5.98. The van der Waals surface area contributed by atoms with Crippen LogP contribution in [0.1, 0.15) is 86.5 Å². The molecule has 0 aromatic heterocycles. The molecule has 0 heterocycles. The van der Waals surface area contributed by atoms with Gasteiger partial charge in [0, 0.05) is 27.8 Å². The quantitative estimate of drug-likeness (QED) is 0.169. The lowest BCUT2D eigenvalue weighted by Crippen LogP contribution is -2.55. The summed E-state index contributed by atoms with van der Waals surface area (Å²) in [7, 11) is 0. The van der Waals surface area contributed by atoms with Gasteiger partial charge in [0.1, 0.15) is 0 Å². The van der Waals surface area contributed by atoms with Gasteiger partial charge in [-0.05, 0) is 160 Å². The molecule has 7 aromatic carbocycles. The standard InChI is InChI=1S/C58H51N/c1-4-15-40(16-5-1)46-27-25-44(36-50(46)41-17-6-2-7-18-41)59(45-26-28-48-47-19-8-10-21-51(47)57(54(48)37-45)29-12-3-13-30-57)55-24-14-23-53-56(55)49-20-9-11-22-52(49)58(53)42-32-38-31-39(34-42)35-43(58)33-38/h1-2,4-11,14-28,36-39,42-43H,3,12-13,29-35H2. The van der Waals surface area contributed by atoms with Crippen LogP contribution in [0.2, 0.25) is 0 Å². The summed E-state index contributed by atoms with van der Waals surface area (Å²) in [6, 6.07) is 63.3. The smallest absolute Gasteiger partial charge is 0.0543 e. The number of anilines is 3. The van der Waals surface area contributed by atoms with Crippen LogP contribution in [0, 0.1) is 23.7 Å². The maximum absolute atomic E-state index is 2.67. The summed E-state index contributed by atoms with van der Waals surface area (Å²) in [5.41, 5.74) is 21.2. The van der Waals surface area contributed by atoms with Gasteiger partial charge in [-0.15, -0.1) is 0 Å². The first-order valence-electron chi connectivity index (χ1n) is 22.7. The van der Waals surface area contributed by atoms with Crippen LogP contribution in [0.5, 0.6) is 0 Å². The monoisotopic (exact) mass is 761 g/mol. The van der Waals surface area contributed by atoms with E-state index < -0.39 is 0 Å². The number of nitrogens with zero attached hydrogens (tertiary/aromatic N) is 1. The third-order valence-electron chi connectivity index (χ3n) is 16.4. The van der Waals surface area contributed by atoms with Gasteiger partial charge in [0.15, 0.2) is 0 Å². The topological polar surface area (TPSA) is 3.24 Å². The minimum atomic E-state index is 0.0773. The van der Waals surface area contributed by atoms with Crippen molar-refractivity contribution in [1.29, 1.82) is 0 Å². The summed E-state index contributed by atoms with van der Waals surface area (Å²) in [5.74, 6) is 3.29. The van der Waals surface area contributed by atoms with Gasteiger partial charge in [-0.2, -0.15) is 0 Å². The van der Waals surface area contributed by atoms with Crippen molar-refractivity contribution in [1.82, 2.24) is 0 Å². The molecule has 7 aromatic rings. The van der Waals surface area contributed by atoms with Crippen molar-refractivity contribution in [3.8, 4) is 44.5 Å². The molecule has 59 heavy (non-hydrogen) atoms. The van der Waals surface area contributed by atoms with Crippen LogP contribution in [0.3, 0.4) is 0 Å². The van der Waals surface area contributed by atoms with Crippen molar-refractivity contribution < 1.29 is 0 Å². The van der Waals surface area contributed by atoms with E-state index in [0.29, 0.717) is 0 Å². The lowest BCUT2D eigenvalue weighted by molar-refractivity contribution is -0.0399. The van der Waals surface area contributed by atoms with Crippen molar-refractivity contribution in [3.05, 3.63) is 186 Å². The average Bonchev–Trinajstić information content (AvgIpc) is 3.74. The Labute approximate surface area is 349 Å². The van der Waals surface area contributed by atoms with Crippen molar-refractivity contribution >= 4 is 17.1 Å². The first kappa shape index (κ1) is 34.2. The van der Waals surface area contributed by atoms with E-state index in [2.05, 4.69) is 169 Å². The summed E-state index contributed by atoms with van der Waals surface area (Å²) in [4.78, 5) is 2.67. The van der Waals surface area contributed by atoms with Gasteiger partial charge in [-0.1, -0.05) is 153 Å². The lowest BCUT2D eigenvalue weighted by Gasteiger charge is -2.61. The van der Waals surface area contributed by atoms with Crippen LogP contribution >= 0.6 is 0 Å². The summed E-state index contributed by atoms with van der Waals surface area (Å²) in [6.07, 6.45) is 13.4. The number of benzene rings is 7. The highest BCUT2D eigenvalue weighted by Crippen LogP contribution is 2.70. The molecule has 4 bridgehead atoms. The predicted molar refractivity (Wildman–Crippen MR) is 245 cm³/mol. The van der Waals surface area contributed by atoms with Gasteiger partial charge < -0.3 is 4.90 Å². The molecule has 0 unspecified atom stereocenters. The van der Waals surface area contributed by atoms with Crippen molar-refractivity contribution in [2.24, 2.45) is 23.7 Å². The van der Waals surface area contributed by atoms with Crippen LogP contribution in [0.25, 0.3) is 44.5 Å². The summed E-state index contributed by atoms with van der Waals surface area (Å²) in [6.45, 7) is 0. The number of fused-ring (bicyclic) bond motifs is 8. The van der Waals surface area contributed by atoms with Crippen LogP contribution < -0.4 is 4.90 Å². The van der Waals surface area contributed by atoms with E-state index in [1.807, 2.05) is 0 Å². The number of hydrogen-bond donors (Lipinski definition) is 0. The van der Waals surface area contributed by atoms with Crippen molar-refractivity contribution in [2.45, 2.75) is 75.0 Å². The third kappa shape index (κ3) is 4.79. The maximum Gasteiger partial charge on any atom is 0.0543 e. The van der Waals surface area contributed by atoms with Crippen molar-refractivity contribution in [2.75, 3.05) is 4.90 Å². The first-order valence-corrected chi connectivity index (χ1v) is 22.7. The van der Waals surface area contributed by atoms with Crippen LogP contribution in [0.4, 0.5) is 17.1 Å². The highest BCUT2D eigenvalue weighted by atomic mass is 15.1. The summed E-state index contributed by atoms with van der Waals surface area (Å²) >= 11 is 0. The van der Waals surface area contributed by atoms with E-state index in [0.717, 1.165) is 23.7 Å². The minimum Gasteiger partial charge on any atom is -0.310 e. The Kier molecular flexibility index (Phi) is 7.49. The molecule has 7 aliphatic carbocycles. The lowest BCUT2D eigenvalue weighted by atomic mass is 9.43. The normalized spacial score (nSPS) is 24.8. The zero-order chi connectivity index (χ0) is 38.7. The van der Waals surface area contributed by atoms with Crippen LogP contribution in [-0.2, 0) is 10.8 Å². The molecule has 14 rings (SSSR count). The molecule has 0 amide bonds. The molecule has 5 saturated carbocycles. The second kappa shape index (κ2) is 12.9. The van der Waals surface area contributed by atoms with Gasteiger partial charge in [-0.25, -0.2) is 0 Å². The molecule has 288 valence electrons. The summed E-state index contributed by atoms with van der Waals surface area (Å²) < 4.78 is 0. The maximum atomic E-state index is 2.67. The molecule has 5 fully saturated rings. The largest absolute Gasteiger partial charge is 0.310 e. The molecule has 0 saturated heterocycles. The Hall–Kier alpha value is -5.66. The minimum absolute atomic E-state index is 0.0773. The zero-order valence-electron chi connectivity index (χ0n) is 33.9. The molecule has 0 aliphatic heterocycles. The van der Waals surface area contributed by atoms with Crippen molar-refractivity contribution in [3.63, 3.8) is 0 Å². The fraction of sp³-hybridized carbons (Fsp3) is 0.276.